The minimum Gasteiger partial charge on any atom is -0.366 e. The molecule has 0 bridgehead atoms. The fourth-order valence-corrected chi connectivity index (χ4v) is 3.75. The number of piperidine rings is 1. The van der Waals surface area contributed by atoms with E-state index in [1.807, 2.05) is 11.0 Å². The van der Waals surface area contributed by atoms with Crippen molar-refractivity contribution in [3.05, 3.63) is 78.0 Å². The van der Waals surface area contributed by atoms with Crippen molar-refractivity contribution in [2.45, 2.75) is 18.8 Å². The molecular weight excluding hydrogens is 366 g/mol. The highest BCUT2D eigenvalue weighted by Crippen LogP contribution is 2.32. The van der Waals surface area contributed by atoms with Crippen molar-refractivity contribution < 1.29 is 9.59 Å². The van der Waals surface area contributed by atoms with Gasteiger partial charge >= 0.3 is 0 Å². The van der Waals surface area contributed by atoms with Gasteiger partial charge in [-0.25, -0.2) is 0 Å². The van der Waals surface area contributed by atoms with Crippen molar-refractivity contribution in [2.24, 2.45) is 5.73 Å². The number of pyridine rings is 1. The second-order valence-corrected chi connectivity index (χ2v) is 7.07. The van der Waals surface area contributed by atoms with Crippen LogP contribution in [-0.4, -0.2) is 44.8 Å². The van der Waals surface area contributed by atoms with Crippen molar-refractivity contribution in [3.63, 3.8) is 0 Å². The van der Waals surface area contributed by atoms with E-state index in [4.69, 9.17) is 5.73 Å². The number of likely N-dealkylation sites (tertiary alicyclic amines) is 1. The lowest BCUT2D eigenvalue weighted by atomic mass is 9.91. The minimum absolute atomic E-state index is 0.0241. The van der Waals surface area contributed by atoms with Gasteiger partial charge in [0.1, 0.15) is 0 Å². The molecular formula is C22H21N5O2. The Balaban J connectivity index is 1.63. The first-order chi connectivity index (χ1) is 14.1. The van der Waals surface area contributed by atoms with Crippen molar-refractivity contribution in [3.8, 4) is 11.3 Å². The summed E-state index contributed by atoms with van der Waals surface area (Å²) in [5, 5.41) is 0. The standard InChI is InChI=1S/C22H21N5O2/c23-21(28)16-5-1-4-15(12-16)19-20(26-10-9-25-19)18-7-3-11-27(14-18)22(29)17-6-2-8-24-13-17/h1-2,4-6,8-10,12-13,18H,3,7,11,14H2,(H2,23,28)/t18-/m0/s1. The molecule has 2 N–H and O–H groups in total. The first-order valence-corrected chi connectivity index (χ1v) is 9.54. The van der Waals surface area contributed by atoms with Crippen LogP contribution in [0.1, 0.15) is 45.2 Å². The molecule has 1 saturated heterocycles. The Morgan fingerprint density at radius 3 is 2.66 bits per heavy atom. The maximum absolute atomic E-state index is 12.8. The lowest BCUT2D eigenvalue weighted by Crippen LogP contribution is -2.39. The highest BCUT2D eigenvalue weighted by atomic mass is 16.2. The Hall–Kier alpha value is -3.61. The first-order valence-electron chi connectivity index (χ1n) is 9.54. The quantitative estimate of drug-likeness (QED) is 0.741. The van der Waals surface area contributed by atoms with Gasteiger partial charge < -0.3 is 10.6 Å². The zero-order chi connectivity index (χ0) is 20.2. The molecule has 29 heavy (non-hydrogen) atoms. The molecule has 2 amide bonds. The van der Waals surface area contributed by atoms with Gasteiger partial charge in [0.05, 0.1) is 17.0 Å². The van der Waals surface area contributed by atoms with E-state index in [2.05, 4.69) is 15.0 Å². The highest BCUT2D eigenvalue weighted by molar-refractivity contribution is 5.94. The Labute approximate surface area is 168 Å². The molecule has 0 unspecified atom stereocenters. The summed E-state index contributed by atoms with van der Waals surface area (Å²) < 4.78 is 0. The second-order valence-electron chi connectivity index (χ2n) is 7.07. The molecule has 2 aromatic heterocycles. The van der Waals surface area contributed by atoms with Gasteiger partial charge in [-0.1, -0.05) is 12.1 Å². The lowest BCUT2D eigenvalue weighted by molar-refractivity contribution is 0.0705. The molecule has 1 aromatic carbocycles. The van der Waals surface area contributed by atoms with Crippen LogP contribution in [-0.2, 0) is 0 Å². The van der Waals surface area contributed by atoms with Crippen LogP contribution in [0.15, 0.2) is 61.2 Å². The van der Waals surface area contributed by atoms with Crippen LogP contribution in [0.5, 0.6) is 0 Å². The molecule has 146 valence electrons. The van der Waals surface area contributed by atoms with E-state index >= 15 is 0 Å². The summed E-state index contributed by atoms with van der Waals surface area (Å²) >= 11 is 0. The van der Waals surface area contributed by atoms with Gasteiger partial charge in [0, 0.05) is 54.9 Å². The number of carbonyl (C=O) groups is 2. The molecule has 1 aliphatic heterocycles. The van der Waals surface area contributed by atoms with Gasteiger partial charge in [-0.2, -0.15) is 0 Å². The molecule has 4 rings (SSSR count). The number of carbonyl (C=O) groups excluding carboxylic acids is 2. The van der Waals surface area contributed by atoms with Gasteiger partial charge in [-0.05, 0) is 37.1 Å². The molecule has 7 nitrogen and oxygen atoms in total. The monoisotopic (exact) mass is 387 g/mol. The zero-order valence-electron chi connectivity index (χ0n) is 15.9. The number of primary amides is 1. The average molecular weight is 387 g/mol. The van der Waals surface area contributed by atoms with E-state index in [1.54, 1.807) is 55.1 Å². The van der Waals surface area contributed by atoms with Crippen LogP contribution >= 0.6 is 0 Å². The molecule has 0 aliphatic carbocycles. The van der Waals surface area contributed by atoms with E-state index in [1.165, 1.54) is 0 Å². The summed E-state index contributed by atoms with van der Waals surface area (Å²) in [4.78, 5) is 39.4. The molecule has 0 saturated carbocycles. The molecule has 3 aromatic rings. The van der Waals surface area contributed by atoms with Crippen molar-refractivity contribution in [1.82, 2.24) is 19.9 Å². The van der Waals surface area contributed by atoms with Gasteiger partial charge in [0.15, 0.2) is 0 Å². The topological polar surface area (TPSA) is 102 Å². The third-order valence-electron chi connectivity index (χ3n) is 5.15. The third-order valence-corrected chi connectivity index (χ3v) is 5.15. The molecule has 1 atom stereocenters. The maximum Gasteiger partial charge on any atom is 0.255 e. The van der Waals surface area contributed by atoms with Gasteiger partial charge in [-0.3, -0.25) is 24.5 Å². The number of rotatable bonds is 4. The number of hydrogen-bond donors (Lipinski definition) is 1. The summed E-state index contributed by atoms with van der Waals surface area (Å²) in [6.45, 7) is 1.27. The SMILES string of the molecule is NC(=O)c1cccc(-c2nccnc2[C@H]2CCCN(C(=O)c3cccnc3)C2)c1. The van der Waals surface area contributed by atoms with Gasteiger partial charge in [0.25, 0.3) is 5.91 Å². The Morgan fingerprint density at radius 2 is 1.86 bits per heavy atom. The number of hydrogen-bond acceptors (Lipinski definition) is 5. The summed E-state index contributed by atoms with van der Waals surface area (Å²) in [5.41, 5.74) is 8.78. The predicted octanol–water partition coefficient (Wildman–Crippen LogP) is 2.66. The largest absolute Gasteiger partial charge is 0.366 e. The van der Waals surface area contributed by atoms with Crippen LogP contribution in [0.2, 0.25) is 0 Å². The van der Waals surface area contributed by atoms with E-state index in [-0.39, 0.29) is 11.8 Å². The fraction of sp³-hybridized carbons (Fsp3) is 0.227. The zero-order valence-corrected chi connectivity index (χ0v) is 15.9. The summed E-state index contributed by atoms with van der Waals surface area (Å²) in [6, 6.07) is 10.6. The molecule has 0 radical (unpaired) electrons. The summed E-state index contributed by atoms with van der Waals surface area (Å²) in [5.74, 6) is -0.447. The smallest absolute Gasteiger partial charge is 0.255 e. The fourth-order valence-electron chi connectivity index (χ4n) is 3.75. The number of nitrogens with two attached hydrogens (primary N) is 1. The van der Waals surface area contributed by atoms with Crippen LogP contribution in [0, 0.1) is 0 Å². The van der Waals surface area contributed by atoms with Gasteiger partial charge in [0.2, 0.25) is 5.91 Å². The third kappa shape index (κ3) is 3.99. The van der Waals surface area contributed by atoms with Crippen molar-refractivity contribution >= 4 is 11.8 Å². The highest BCUT2D eigenvalue weighted by Gasteiger charge is 2.28. The summed E-state index contributed by atoms with van der Waals surface area (Å²) in [6.07, 6.45) is 8.35. The van der Waals surface area contributed by atoms with E-state index in [0.29, 0.717) is 24.2 Å². The number of amides is 2. The Morgan fingerprint density at radius 1 is 1.03 bits per heavy atom. The lowest BCUT2D eigenvalue weighted by Gasteiger charge is -2.33. The number of benzene rings is 1. The normalized spacial score (nSPS) is 16.4. The molecule has 7 heteroatoms. The van der Waals surface area contributed by atoms with Crippen LogP contribution in [0.25, 0.3) is 11.3 Å². The molecule has 0 spiro atoms. The molecule has 1 aliphatic rings. The minimum atomic E-state index is -0.483. The second kappa shape index (κ2) is 8.18. The first kappa shape index (κ1) is 18.7. The van der Waals surface area contributed by atoms with Crippen molar-refractivity contribution in [1.29, 1.82) is 0 Å². The van der Waals surface area contributed by atoms with Crippen LogP contribution in [0.4, 0.5) is 0 Å². The van der Waals surface area contributed by atoms with E-state index in [0.717, 1.165) is 29.8 Å². The number of nitrogens with zero attached hydrogens (tertiary/aromatic N) is 4. The van der Waals surface area contributed by atoms with Crippen LogP contribution in [0.3, 0.4) is 0 Å². The van der Waals surface area contributed by atoms with E-state index in [9.17, 15) is 9.59 Å². The van der Waals surface area contributed by atoms with Crippen molar-refractivity contribution in [2.75, 3.05) is 13.1 Å². The Kier molecular flexibility index (Phi) is 5.29. The predicted molar refractivity (Wildman–Crippen MR) is 108 cm³/mol. The number of aromatic nitrogens is 3. The molecule has 1 fully saturated rings. The Bertz CT molecular complexity index is 1040. The summed E-state index contributed by atoms with van der Waals surface area (Å²) in [7, 11) is 0. The van der Waals surface area contributed by atoms with E-state index < -0.39 is 5.91 Å². The maximum atomic E-state index is 12.8. The van der Waals surface area contributed by atoms with Gasteiger partial charge in [-0.15, -0.1) is 0 Å². The average Bonchev–Trinajstić information content (AvgIpc) is 2.79. The molecule has 3 heterocycles. The van der Waals surface area contributed by atoms with Crippen LogP contribution < -0.4 is 5.73 Å².